The van der Waals surface area contributed by atoms with E-state index in [9.17, 15) is 10.0 Å². The van der Waals surface area contributed by atoms with Gasteiger partial charge < -0.3 is 15.3 Å². The van der Waals surface area contributed by atoms with Crippen LogP contribution < -0.4 is 0 Å². The number of fused-ring (bicyclic) bond motifs is 1. The van der Waals surface area contributed by atoms with E-state index in [-0.39, 0.29) is 11.6 Å². The predicted molar refractivity (Wildman–Crippen MR) is 49.9 cm³/mol. The van der Waals surface area contributed by atoms with Gasteiger partial charge in [0.2, 0.25) is 5.88 Å². The van der Waals surface area contributed by atoms with Crippen molar-refractivity contribution in [3.05, 3.63) is 22.2 Å². The number of oxime groups is 1. The largest absolute Gasteiger partial charge is 0.493 e. The number of allylic oxidation sites excluding steroid dienone is 1. The van der Waals surface area contributed by atoms with Crippen LogP contribution in [-0.2, 0) is 0 Å². The molecule has 1 aliphatic carbocycles. The lowest BCUT2D eigenvalue weighted by molar-refractivity contribution is 0.318. The normalized spacial score (nSPS) is 17.0. The molecule has 0 aromatic carbocycles. The lowest BCUT2D eigenvalue weighted by Gasteiger charge is -2.05. The average molecular weight is 193 g/mol. The van der Waals surface area contributed by atoms with E-state index in [1.165, 1.54) is 0 Å². The van der Waals surface area contributed by atoms with Gasteiger partial charge in [-0.05, 0) is 11.3 Å². The first-order valence-corrected chi connectivity index (χ1v) is 3.94. The molecular weight excluding hydrogens is 186 g/mol. The summed E-state index contributed by atoms with van der Waals surface area (Å²) < 4.78 is 0. The molecule has 1 aliphatic rings. The van der Waals surface area contributed by atoms with Crippen LogP contribution in [0.4, 0.5) is 5.69 Å². The second kappa shape index (κ2) is 2.99. The number of nitrogens with zero attached hydrogens (tertiary/aromatic N) is 2. The lowest BCUT2D eigenvalue weighted by Crippen LogP contribution is -2.04. The molecule has 0 unspecified atom stereocenters. The van der Waals surface area contributed by atoms with Gasteiger partial charge in [-0.3, -0.25) is 0 Å². The Morgan fingerprint density at radius 2 is 2.29 bits per heavy atom. The minimum Gasteiger partial charge on any atom is -0.493 e. The van der Waals surface area contributed by atoms with Gasteiger partial charge in [0.25, 0.3) is 0 Å². The Hall–Kier alpha value is -2.11. The first kappa shape index (κ1) is 8.49. The van der Waals surface area contributed by atoms with Crippen molar-refractivity contribution in [3.63, 3.8) is 0 Å². The van der Waals surface area contributed by atoms with Gasteiger partial charge in [-0.1, -0.05) is 11.2 Å². The summed E-state index contributed by atoms with van der Waals surface area (Å²) in [6.07, 6.45) is 3.85. The smallest absolute Gasteiger partial charge is 0.219 e. The van der Waals surface area contributed by atoms with Gasteiger partial charge in [0.15, 0.2) is 5.69 Å². The van der Waals surface area contributed by atoms with Crippen molar-refractivity contribution < 1.29 is 10.3 Å². The third-order valence-corrected chi connectivity index (χ3v) is 2.08. The number of aromatic hydroxyl groups is 1. The number of hydrogen-bond donors (Lipinski definition) is 3. The summed E-state index contributed by atoms with van der Waals surface area (Å²) in [5, 5.41) is 23.7. The molecular formula is C8H7N3O3. The van der Waals surface area contributed by atoms with Crippen LogP contribution >= 0.6 is 0 Å². The summed E-state index contributed by atoms with van der Waals surface area (Å²) in [7, 11) is 0. The molecule has 1 heterocycles. The summed E-state index contributed by atoms with van der Waals surface area (Å²) in [4.78, 5) is 13.0. The first-order valence-electron chi connectivity index (χ1n) is 3.94. The quantitative estimate of drug-likeness (QED) is 0.359. The Bertz CT molecular complexity index is 445. The molecule has 1 aromatic heterocycles. The molecule has 2 rings (SSSR count). The highest BCUT2D eigenvalue weighted by Gasteiger charge is 2.23. The fourth-order valence-electron chi connectivity index (χ4n) is 1.48. The number of aromatic amines is 1. The molecule has 6 nitrogen and oxygen atoms in total. The van der Waals surface area contributed by atoms with E-state index in [0.717, 1.165) is 0 Å². The average Bonchev–Trinajstić information content (AvgIpc) is 2.52. The highest BCUT2D eigenvalue weighted by atomic mass is 16.4. The van der Waals surface area contributed by atoms with E-state index in [2.05, 4.69) is 15.3 Å². The molecule has 0 amide bonds. The maximum atomic E-state index is 10.4. The number of hydrogen-bond acceptors (Lipinski definition) is 5. The second-order valence-corrected chi connectivity index (χ2v) is 2.86. The molecule has 0 bridgehead atoms. The summed E-state index contributed by atoms with van der Waals surface area (Å²) in [6, 6.07) is 0. The summed E-state index contributed by atoms with van der Waals surface area (Å²) in [5.74, 6) is -0.308. The van der Waals surface area contributed by atoms with Gasteiger partial charge >= 0.3 is 0 Å². The molecule has 3 N–H and O–H groups in total. The number of aromatic nitrogens is 1. The molecule has 0 radical (unpaired) electrons. The molecule has 1 aromatic rings. The fraction of sp³-hybridized carbons (Fsp3) is 0.125. The summed E-state index contributed by atoms with van der Waals surface area (Å²) in [5.41, 5.74) is 1.09. The Balaban J connectivity index is 2.72. The van der Waals surface area contributed by atoms with Crippen LogP contribution in [0.3, 0.4) is 0 Å². The molecule has 14 heavy (non-hydrogen) atoms. The third-order valence-electron chi connectivity index (χ3n) is 2.08. The van der Waals surface area contributed by atoms with Crippen molar-refractivity contribution in [3.8, 4) is 5.88 Å². The second-order valence-electron chi connectivity index (χ2n) is 2.86. The van der Waals surface area contributed by atoms with E-state index in [1.807, 2.05) is 0 Å². The SMILES string of the molecule is O=Nc1c(O)[nH]c2c1C(=NO)CC=C2. The fourth-order valence-corrected chi connectivity index (χ4v) is 1.48. The van der Waals surface area contributed by atoms with Crippen molar-refractivity contribution in [1.29, 1.82) is 0 Å². The van der Waals surface area contributed by atoms with Crippen LogP contribution in [0.1, 0.15) is 17.7 Å². The Kier molecular flexibility index (Phi) is 1.81. The molecule has 0 fully saturated rings. The number of nitroso groups, excluding NO2 is 1. The Morgan fingerprint density at radius 3 is 2.93 bits per heavy atom. The van der Waals surface area contributed by atoms with E-state index in [1.54, 1.807) is 12.2 Å². The van der Waals surface area contributed by atoms with E-state index >= 15 is 0 Å². The van der Waals surface area contributed by atoms with Gasteiger partial charge in [-0.15, -0.1) is 4.91 Å². The van der Waals surface area contributed by atoms with Crippen molar-refractivity contribution >= 4 is 17.5 Å². The van der Waals surface area contributed by atoms with Gasteiger partial charge in [-0.25, -0.2) is 0 Å². The molecule has 0 saturated heterocycles. The number of nitrogens with one attached hydrogen (secondary N) is 1. The summed E-state index contributed by atoms with van der Waals surface area (Å²) >= 11 is 0. The van der Waals surface area contributed by atoms with Crippen molar-refractivity contribution in [2.45, 2.75) is 6.42 Å². The maximum absolute atomic E-state index is 10.4. The standard InChI is InChI=1S/C8H7N3O3/c12-8-7(11-14)6-4(9-8)2-1-3-5(6)10-13/h1-2,9,12-13H,3H2. The minimum atomic E-state index is -0.308. The highest BCUT2D eigenvalue weighted by molar-refractivity contribution is 6.10. The highest BCUT2D eigenvalue weighted by Crippen LogP contribution is 2.36. The van der Waals surface area contributed by atoms with E-state index in [0.29, 0.717) is 23.4 Å². The zero-order valence-electron chi connectivity index (χ0n) is 7.06. The van der Waals surface area contributed by atoms with Crippen LogP contribution in [0, 0.1) is 4.91 Å². The van der Waals surface area contributed by atoms with Crippen molar-refractivity contribution in [2.24, 2.45) is 10.3 Å². The lowest BCUT2D eigenvalue weighted by atomic mass is 10.0. The van der Waals surface area contributed by atoms with Gasteiger partial charge in [0.1, 0.15) is 0 Å². The van der Waals surface area contributed by atoms with E-state index in [4.69, 9.17) is 5.21 Å². The van der Waals surface area contributed by atoms with E-state index < -0.39 is 0 Å². The maximum Gasteiger partial charge on any atom is 0.219 e. The third kappa shape index (κ3) is 1.00. The van der Waals surface area contributed by atoms with Crippen LogP contribution in [0.15, 0.2) is 16.4 Å². The van der Waals surface area contributed by atoms with Crippen molar-refractivity contribution in [2.75, 3.05) is 0 Å². The minimum absolute atomic E-state index is 0.114. The zero-order chi connectivity index (χ0) is 10.1. The van der Waals surface area contributed by atoms with Gasteiger partial charge in [-0.2, -0.15) is 0 Å². The molecule has 0 saturated carbocycles. The first-order chi connectivity index (χ1) is 6.77. The van der Waals surface area contributed by atoms with Gasteiger partial charge in [0.05, 0.1) is 17.0 Å². The molecule has 0 aliphatic heterocycles. The Labute approximate surface area is 78.5 Å². The molecule has 72 valence electrons. The zero-order valence-corrected chi connectivity index (χ0v) is 7.06. The number of H-pyrrole nitrogens is 1. The van der Waals surface area contributed by atoms with Crippen LogP contribution in [0.5, 0.6) is 5.88 Å². The predicted octanol–water partition coefficient (Wildman–Crippen LogP) is 1.71. The topological polar surface area (TPSA) is 98.0 Å². The van der Waals surface area contributed by atoms with Crippen molar-refractivity contribution in [1.82, 2.24) is 4.98 Å². The number of rotatable bonds is 1. The summed E-state index contributed by atoms with van der Waals surface area (Å²) in [6.45, 7) is 0. The van der Waals surface area contributed by atoms with Gasteiger partial charge in [0, 0.05) is 6.42 Å². The molecule has 6 heteroatoms. The molecule has 0 atom stereocenters. The molecule has 0 spiro atoms. The monoisotopic (exact) mass is 193 g/mol. The Morgan fingerprint density at radius 1 is 1.50 bits per heavy atom. The van der Waals surface area contributed by atoms with Crippen LogP contribution in [0.2, 0.25) is 0 Å². The van der Waals surface area contributed by atoms with Crippen LogP contribution in [0.25, 0.3) is 6.08 Å². The van der Waals surface area contributed by atoms with Crippen LogP contribution in [-0.4, -0.2) is 21.0 Å².